The number of halogens is 3. The van der Waals surface area contributed by atoms with E-state index in [0.29, 0.717) is 12.8 Å². The summed E-state index contributed by atoms with van der Waals surface area (Å²) >= 11 is 0. The molecule has 21 heteroatoms. The van der Waals surface area contributed by atoms with Crippen LogP contribution in [0.2, 0.25) is 0 Å². The molecular weight excluding hydrogens is 920 g/mol. The minimum absolute atomic E-state index is 0.00534. The predicted molar refractivity (Wildman–Crippen MR) is 232 cm³/mol. The lowest BCUT2D eigenvalue weighted by Crippen LogP contribution is -2.61. The maximum Gasteiger partial charge on any atom is 0.471 e. The first-order valence-corrected chi connectivity index (χ1v) is 22.7. The van der Waals surface area contributed by atoms with Crippen molar-refractivity contribution < 1.29 is 95.3 Å². The number of carbonyl (C=O) groups is 6. The number of aliphatic hydroxyl groups is 1. The van der Waals surface area contributed by atoms with Gasteiger partial charge in [-0.3, -0.25) is 28.8 Å². The molecule has 380 valence electrons. The predicted octanol–water partition coefficient (Wildman–Crippen LogP) is 5.68. The summed E-state index contributed by atoms with van der Waals surface area (Å²) in [6, 6.07) is 2.68. The van der Waals surface area contributed by atoms with Gasteiger partial charge in [0.15, 0.2) is 24.1 Å². The Bertz CT molecular complexity index is 2290. The molecule has 0 bridgehead atoms. The third kappa shape index (κ3) is 11.9. The molecule has 0 saturated carbocycles. The highest BCUT2D eigenvalue weighted by Crippen LogP contribution is 2.53. The molecule has 11 atom stereocenters. The van der Waals surface area contributed by atoms with E-state index in [-0.39, 0.29) is 46.4 Å². The van der Waals surface area contributed by atoms with Gasteiger partial charge in [-0.05, 0) is 33.3 Å². The monoisotopic (exact) mass is 979 g/mol. The number of fused-ring (bicyclic) bond motifs is 3. The largest absolute Gasteiger partial charge is 0.507 e. The van der Waals surface area contributed by atoms with Crippen molar-refractivity contribution in [2.75, 3.05) is 7.11 Å². The van der Waals surface area contributed by atoms with E-state index >= 15 is 0 Å². The van der Waals surface area contributed by atoms with Crippen LogP contribution in [0.5, 0.6) is 17.2 Å². The van der Waals surface area contributed by atoms with Crippen molar-refractivity contribution in [3.8, 4) is 17.2 Å². The number of methoxy groups -OCH3 is 1. The van der Waals surface area contributed by atoms with E-state index in [1.54, 1.807) is 6.92 Å². The van der Waals surface area contributed by atoms with Crippen molar-refractivity contribution in [3.05, 3.63) is 51.6 Å². The van der Waals surface area contributed by atoms with Gasteiger partial charge in [0.1, 0.15) is 40.8 Å². The molecule has 1 amide bonds. The van der Waals surface area contributed by atoms with Gasteiger partial charge in [0, 0.05) is 55.2 Å². The number of benzene rings is 2. The number of Topliss-reactive ketones (excluding diaryl/α,β-unsaturated/α-hetero) is 2. The molecule has 0 spiro atoms. The van der Waals surface area contributed by atoms with Crippen LogP contribution < -0.4 is 10.1 Å². The number of carbonyl (C=O) groups excluding carboxylic acids is 8. The lowest BCUT2D eigenvalue weighted by Gasteiger charge is -2.47. The SMILES string of the molecule is CC.CCCCCCC(=O)[C@]1(O)Cc2c(O)c3c(c(O)c2[C@@H](OC2CC(NC(=O)C(F)(F)F)C(OC4OC(C)C(OC(C)=O)C(C(C)=O)C4C)C(C)O2)C1)C(=O)c1c(OC)cccc1C3=O.O=C=O. The van der Waals surface area contributed by atoms with Gasteiger partial charge in [-0.2, -0.15) is 22.8 Å². The van der Waals surface area contributed by atoms with Gasteiger partial charge in [0.25, 0.3) is 0 Å². The number of aromatic hydroxyl groups is 2. The Labute approximate surface area is 396 Å². The Kier molecular flexibility index (Phi) is 19.0. The summed E-state index contributed by atoms with van der Waals surface area (Å²) in [5, 5.41) is 38.0. The van der Waals surface area contributed by atoms with Gasteiger partial charge < -0.3 is 49.1 Å². The van der Waals surface area contributed by atoms with Crippen LogP contribution in [0.25, 0.3) is 0 Å². The minimum atomic E-state index is -5.35. The number of ether oxygens (including phenoxy) is 6. The molecule has 18 nitrogen and oxygen atoms in total. The molecule has 4 aliphatic rings. The molecule has 2 saturated heterocycles. The molecule has 69 heavy (non-hydrogen) atoms. The number of phenols is 2. The Morgan fingerprint density at radius 3 is 2.10 bits per heavy atom. The molecule has 9 unspecified atom stereocenters. The first-order chi connectivity index (χ1) is 32.5. The fraction of sp³-hybridized carbons (Fsp3) is 0.604. The Hall–Kier alpha value is -5.57. The number of rotatable bonds is 14. The third-order valence-electron chi connectivity index (χ3n) is 12.6. The molecule has 6 rings (SSSR count). The Morgan fingerprint density at radius 2 is 1.52 bits per heavy atom. The van der Waals surface area contributed by atoms with Crippen molar-refractivity contribution in [1.29, 1.82) is 0 Å². The average Bonchev–Trinajstić information content (AvgIpc) is 3.28. The Balaban J connectivity index is 0.00000199. The molecule has 2 aromatic carbocycles. The zero-order chi connectivity index (χ0) is 51.9. The summed E-state index contributed by atoms with van der Waals surface area (Å²) < 4.78 is 77.1. The molecule has 2 aliphatic heterocycles. The van der Waals surface area contributed by atoms with E-state index in [4.69, 9.17) is 38.0 Å². The molecule has 0 aromatic heterocycles. The van der Waals surface area contributed by atoms with Gasteiger partial charge in [-0.25, -0.2) is 0 Å². The van der Waals surface area contributed by atoms with Crippen molar-refractivity contribution >= 4 is 41.2 Å². The first kappa shape index (κ1) is 56.0. The first-order valence-electron chi connectivity index (χ1n) is 22.7. The summed E-state index contributed by atoms with van der Waals surface area (Å²) in [5.41, 5.74) is -4.32. The van der Waals surface area contributed by atoms with Gasteiger partial charge in [0.05, 0.1) is 54.1 Å². The topological polar surface area (TPSA) is 265 Å². The smallest absolute Gasteiger partial charge is 0.471 e. The number of amides is 1. The molecule has 2 aromatic rings. The maximum atomic E-state index is 14.2. The second-order valence-electron chi connectivity index (χ2n) is 17.2. The molecule has 4 N–H and O–H groups in total. The lowest BCUT2D eigenvalue weighted by molar-refractivity contribution is -0.312. The maximum absolute atomic E-state index is 14.2. The standard InChI is InChI=1S/C45H54F3NO15.C2H6.CO2/c1-8-9-10-11-15-29(52)44(58)17-25-33(39(56)35-34(37(25)54)36(53)24-13-12-14-27(59-7)32(24)38(35)55)28(18-44)63-30-16-26(49-43(57)45(46,47)48)40(21(4)60-30)64-42-19(2)31(20(3)50)41(22(5)61-42)62-23(6)51;1-2;2-1-3/h12-14,19,21-22,26,28,30-31,40-42,54,56,58H,8-11,15-18H2,1-7H3,(H,49,57);1-2H3;/t19?,21?,22?,26?,28-,30?,31?,40?,41?,42?,44-;;/m0../s1. The molecule has 2 aliphatic carbocycles. The quantitative estimate of drug-likeness (QED) is 0.0859. The van der Waals surface area contributed by atoms with Crippen LogP contribution in [-0.4, -0.2) is 118 Å². The van der Waals surface area contributed by atoms with Crippen molar-refractivity contribution in [2.24, 2.45) is 11.8 Å². The normalized spacial score (nSPS) is 28.1. The van der Waals surface area contributed by atoms with Gasteiger partial charge in [0.2, 0.25) is 5.78 Å². The summed E-state index contributed by atoms with van der Waals surface area (Å²) in [6.45, 7) is 12.9. The summed E-state index contributed by atoms with van der Waals surface area (Å²) in [4.78, 5) is 95.6. The zero-order valence-electron chi connectivity index (χ0n) is 39.9. The van der Waals surface area contributed by atoms with E-state index in [1.807, 2.05) is 26.1 Å². The number of unbranched alkanes of at least 4 members (excludes halogenated alkanes) is 3. The number of hydrogen-bond acceptors (Lipinski definition) is 17. The van der Waals surface area contributed by atoms with Crippen molar-refractivity contribution in [1.82, 2.24) is 5.32 Å². The van der Waals surface area contributed by atoms with E-state index in [9.17, 15) is 57.3 Å². The fourth-order valence-corrected chi connectivity index (χ4v) is 9.55. The van der Waals surface area contributed by atoms with E-state index in [2.05, 4.69) is 0 Å². The highest BCUT2D eigenvalue weighted by Gasteiger charge is 2.53. The van der Waals surface area contributed by atoms with Crippen LogP contribution in [0.4, 0.5) is 13.2 Å². The van der Waals surface area contributed by atoms with Gasteiger partial charge in [-0.15, -0.1) is 0 Å². The highest BCUT2D eigenvalue weighted by molar-refractivity contribution is 6.31. The van der Waals surface area contributed by atoms with Gasteiger partial charge in [-0.1, -0.05) is 59.1 Å². The second kappa shape index (κ2) is 23.4. The number of esters is 1. The highest BCUT2D eigenvalue weighted by atomic mass is 19.4. The number of nitrogens with one attached hydrogen (secondary N) is 1. The minimum Gasteiger partial charge on any atom is -0.507 e. The van der Waals surface area contributed by atoms with Crippen LogP contribution in [-0.2, 0) is 58.9 Å². The number of hydrogen-bond donors (Lipinski definition) is 4. The second-order valence-corrected chi connectivity index (χ2v) is 17.2. The summed E-state index contributed by atoms with van der Waals surface area (Å²) in [6.07, 6.45) is -13.2. The molecule has 2 fully saturated rings. The van der Waals surface area contributed by atoms with Crippen molar-refractivity contribution in [3.63, 3.8) is 0 Å². The van der Waals surface area contributed by atoms with Crippen LogP contribution in [0.15, 0.2) is 18.2 Å². The van der Waals surface area contributed by atoms with E-state index in [1.165, 1.54) is 53.0 Å². The molecular formula is C48H60F3NO17. The zero-order valence-corrected chi connectivity index (χ0v) is 39.9. The van der Waals surface area contributed by atoms with E-state index < -0.39 is 144 Å². The third-order valence-corrected chi connectivity index (χ3v) is 12.6. The average molecular weight is 980 g/mol. The summed E-state index contributed by atoms with van der Waals surface area (Å²) in [7, 11) is 1.27. The number of phenolic OH excluding ortho intramolecular Hbond substituents is 2. The van der Waals surface area contributed by atoms with E-state index in [0.717, 1.165) is 12.8 Å². The Morgan fingerprint density at radius 1 is 0.899 bits per heavy atom. The number of ketones is 4. The molecule has 0 radical (unpaired) electrons. The van der Waals surface area contributed by atoms with Crippen LogP contribution in [0, 0.1) is 11.8 Å². The lowest BCUT2D eigenvalue weighted by atomic mass is 9.71. The molecule has 2 heterocycles. The number of alkyl halides is 3. The van der Waals surface area contributed by atoms with Crippen LogP contribution in [0.1, 0.15) is 149 Å². The van der Waals surface area contributed by atoms with Crippen molar-refractivity contribution in [2.45, 2.75) is 168 Å². The van der Waals surface area contributed by atoms with Crippen LogP contribution >= 0.6 is 0 Å². The van der Waals surface area contributed by atoms with Gasteiger partial charge >= 0.3 is 24.2 Å². The fourth-order valence-electron chi connectivity index (χ4n) is 9.55. The summed E-state index contributed by atoms with van der Waals surface area (Å²) in [5.74, 6) is -9.12. The van der Waals surface area contributed by atoms with Crippen LogP contribution in [0.3, 0.4) is 0 Å².